The van der Waals surface area contributed by atoms with Crippen LogP contribution in [0.15, 0.2) is 41.2 Å². The maximum atomic E-state index is 14.6. The van der Waals surface area contributed by atoms with Crippen molar-refractivity contribution in [2.24, 2.45) is 11.8 Å². The van der Waals surface area contributed by atoms with Crippen LogP contribution in [0.25, 0.3) is 22.4 Å². The summed E-state index contributed by atoms with van der Waals surface area (Å²) in [6, 6.07) is 9.92. The van der Waals surface area contributed by atoms with Crippen molar-refractivity contribution in [3.63, 3.8) is 0 Å². The van der Waals surface area contributed by atoms with Crippen molar-refractivity contribution in [1.29, 1.82) is 5.26 Å². The lowest BCUT2D eigenvalue weighted by Gasteiger charge is -2.60. The number of anilines is 1. The number of aliphatic hydroxyl groups is 1. The molecule has 3 N–H and O–H groups in total. The number of nitrogens with one attached hydrogen (secondary N) is 2. The van der Waals surface area contributed by atoms with Gasteiger partial charge in [-0.25, -0.2) is 13.8 Å². The number of nitrogens with zero attached hydrogens (tertiary/aromatic N) is 2. The highest BCUT2D eigenvalue weighted by Gasteiger charge is 2.57. The molecule has 37 heavy (non-hydrogen) atoms. The average Bonchev–Trinajstić information content (AvgIpc) is 2.81. The summed E-state index contributed by atoms with van der Waals surface area (Å²) in [4.78, 5) is 21.0. The number of methoxy groups -OCH3 is 1. The Labute approximate surface area is 212 Å². The Kier molecular flexibility index (Phi) is 5.35. The zero-order valence-corrected chi connectivity index (χ0v) is 20.3. The Balaban J connectivity index is 1.47. The van der Waals surface area contributed by atoms with E-state index in [9.17, 15) is 18.7 Å². The molecule has 4 aliphatic carbocycles. The van der Waals surface area contributed by atoms with Crippen LogP contribution in [0.4, 0.5) is 14.7 Å². The van der Waals surface area contributed by atoms with E-state index < -0.39 is 28.3 Å². The first kappa shape index (κ1) is 23.6. The van der Waals surface area contributed by atoms with Gasteiger partial charge in [0.25, 0.3) is 5.56 Å². The highest BCUT2D eigenvalue weighted by atomic mass is 19.1. The third kappa shape index (κ3) is 4.05. The van der Waals surface area contributed by atoms with Crippen molar-refractivity contribution in [2.45, 2.75) is 49.7 Å². The number of aromatic amines is 1. The van der Waals surface area contributed by atoms with E-state index in [2.05, 4.69) is 10.3 Å². The summed E-state index contributed by atoms with van der Waals surface area (Å²) in [5, 5.41) is 23.7. The second-order valence-corrected chi connectivity index (χ2v) is 10.9. The van der Waals surface area contributed by atoms with Crippen molar-refractivity contribution in [1.82, 2.24) is 9.97 Å². The average molecular weight is 505 g/mol. The fourth-order valence-electron chi connectivity index (χ4n) is 7.20. The minimum absolute atomic E-state index is 0.0251. The molecule has 2 unspecified atom stereocenters. The van der Waals surface area contributed by atoms with Gasteiger partial charge >= 0.3 is 0 Å². The summed E-state index contributed by atoms with van der Waals surface area (Å²) < 4.78 is 34.2. The Morgan fingerprint density at radius 2 is 1.81 bits per heavy atom. The number of aromatic nitrogens is 2. The molecule has 7 rings (SSSR count). The molecule has 4 saturated carbocycles. The molecule has 1 aromatic heterocycles. The van der Waals surface area contributed by atoms with E-state index in [1.807, 2.05) is 0 Å². The zero-order valence-electron chi connectivity index (χ0n) is 20.3. The van der Waals surface area contributed by atoms with Crippen molar-refractivity contribution < 1.29 is 18.6 Å². The van der Waals surface area contributed by atoms with Gasteiger partial charge in [-0.1, -0.05) is 12.1 Å². The number of halogens is 2. The molecule has 2 aromatic carbocycles. The second kappa shape index (κ2) is 8.38. The molecule has 0 saturated heterocycles. The maximum absolute atomic E-state index is 14.6. The van der Waals surface area contributed by atoms with Crippen LogP contribution in [0.2, 0.25) is 0 Å². The smallest absolute Gasteiger partial charge is 0.260 e. The number of hydrogen-bond acceptors (Lipinski definition) is 6. The van der Waals surface area contributed by atoms with E-state index in [1.54, 1.807) is 12.1 Å². The third-order valence-corrected chi connectivity index (χ3v) is 8.14. The summed E-state index contributed by atoms with van der Waals surface area (Å²) in [7, 11) is 1.35. The number of hydrogen-bond donors (Lipinski definition) is 3. The third-order valence-electron chi connectivity index (χ3n) is 8.14. The number of H-pyrrole nitrogens is 1. The van der Waals surface area contributed by atoms with Gasteiger partial charge in [0.2, 0.25) is 5.95 Å². The molecule has 2 atom stereocenters. The van der Waals surface area contributed by atoms with Gasteiger partial charge in [-0.2, -0.15) is 5.26 Å². The molecule has 1 heterocycles. The molecular formula is C28H26F2N4O3. The van der Waals surface area contributed by atoms with Crippen LogP contribution < -0.4 is 15.6 Å². The molecule has 7 nitrogen and oxygen atoms in total. The van der Waals surface area contributed by atoms with Crippen molar-refractivity contribution in [3.8, 4) is 34.2 Å². The molecule has 190 valence electrons. The van der Waals surface area contributed by atoms with Crippen LogP contribution >= 0.6 is 0 Å². The van der Waals surface area contributed by atoms with Crippen LogP contribution in [-0.2, 0) is 0 Å². The molecule has 0 amide bonds. The Morgan fingerprint density at radius 1 is 1.11 bits per heavy atom. The Morgan fingerprint density at radius 3 is 2.43 bits per heavy atom. The topological polar surface area (TPSA) is 111 Å². The highest BCUT2D eigenvalue weighted by Crippen LogP contribution is 2.58. The molecule has 0 aliphatic heterocycles. The SMILES string of the molecule is COc1ccc(-c2c(-c3ccc(C#N)c(F)c3)nc(NC34CC5CC(CC(O)(C5)C3)C4)[nH]c2=O)cc1F. The quantitative estimate of drug-likeness (QED) is 0.462. The fraction of sp³-hybridized carbons (Fsp3) is 0.393. The first-order chi connectivity index (χ1) is 17.7. The van der Waals surface area contributed by atoms with E-state index in [0.29, 0.717) is 18.3 Å². The minimum Gasteiger partial charge on any atom is -0.494 e. The van der Waals surface area contributed by atoms with Gasteiger partial charge in [0.1, 0.15) is 11.9 Å². The molecule has 0 radical (unpaired) electrons. The van der Waals surface area contributed by atoms with Gasteiger partial charge in [-0.05, 0) is 80.2 Å². The van der Waals surface area contributed by atoms with Crippen molar-refractivity contribution >= 4 is 5.95 Å². The molecule has 4 fully saturated rings. The van der Waals surface area contributed by atoms with Crippen LogP contribution in [0.1, 0.15) is 44.1 Å². The fourth-order valence-corrected chi connectivity index (χ4v) is 7.20. The van der Waals surface area contributed by atoms with Crippen molar-refractivity contribution in [2.75, 3.05) is 12.4 Å². The largest absolute Gasteiger partial charge is 0.494 e. The van der Waals surface area contributed by atoms with Gasteiger partial charge in [-0.3, -0.25) is 9.78 Å². The van der Waals surface area contributed by atoms with E-state index in [0.717, 1.165) is 38.2 Å². The lowest BCUT2D eigenvalue weighted by molar-refractivity contribution is -0.127. The second-order valence-electron chi connectivity index (χ2n) is 10.9. The number of ether oxygens (including phenoxy) is 1. The summed E-state index contributed by atoms with van der Waals surface area (Å²) in [6.45, 7) is 0. The lowest BCUT2D eigenvalue weighted by Crippen LogP contribution is -2.62. The first-order valence-corrected chi connectivity index (χ1v) is 12.4. The van der Waals surface area contributed by atoms with E-state index in [4.69, 9.17) is 15.0 Å². The summed E-state index contributed by atoms with van der Waals surface area (Å²) in [5.41, 5.74) is -1.00. The Hall–Kier alpha value is -3.77. The van der Waals surface area contributed by atoms with Gasteiger partial charge < -0.3 is 15.2 Å². The number of rotatable bonds is 5. The molecule has 4 bridgehead atoms. The Bertz CT molecular complexity index is 1500. The predicted octanol–water partition coefficient (Wildman–Crippen LogP) is 4.76. The van der Waals surface area contributed by atoms with E-state index in [-0.39, 0.29) is 39.6 Å². The molecule has 3 aromatic rings. The molecule has 9 heteroatoms. The predicted molar refractivity (Wildman–Crippen MR) is 133 cm³/mol. The van der Waals surface area contributed by atoms with Gasteiger partial charge in [0.05, 0.1) is 29.5 Å². The van der Waals surface area contributed by atoms with Gasteiger partial charge in [-0.15, -0.1) is 0 Å². The molecule has 0 spiro atoms. The highest BCUT2D eigenvalue weighted by molar-refractivity contribution is 5.81. The zero-order chi connectivity index (χ0) is 25.9. The lowest BCUT2D eigenvalue weighted by atomic mass is 9.51. The number of benzene rings is 2. The van der Waals surface area contributed by atoms with Crippen molar-refractivity contribution in [3.05, 3.63) is 63.9 Å². The maximum Gasteiger partial charge on any atom is 0.260 e. The van der Waals surface area contributed by atoms with E-state index >= 15 is 0 Å². The van der Waals surface area contributed by atoms with Crippen LogP contribution in [0.3, 0.4) is 0 Å². The minimum atomic E-state index is -0.744. The molecular weight excluding hydrogens is 478 g/mol. The van der Waals surface area contributed by atoms with E-state index in [1.165, 1.54) is 31.4 Å². The van der Waals surface area contributed by atoms with Gasteiger partial charge in [0, 0.05) is 11.1 Å². The normalized spacial score (nSPS) is 27.6. The van der Waals surface area contributed by atoms with Gasteiger partial charge in [0.15, 0.2) is 11.6 Å². The molecule has 4 aliphatic rings. The number of nitriles is 1. The van der Waals surface area contributed by atoms with Crippen LogP contribution in [0.5, 0.6) is 5.75 Å². The summed E-state index contributed by atoms with van der Waals surface area (Å²) in [6.07, 6.45) is 5.03. The monoisotopic (exact) mass is 504 g/mol. The van der Waals surface area contributed by atoms with Crippen LogP contribution in [-0.4, -0.2) is 33.3 Å². The summed E-state index contributed by atoms with van der Waals surface area (Å²) in [5.74, 6) is -0.324. The first-order valence-electron chi connectivity index (χ1n) is 12.4. The van der Waals surface area contributed by atoms with Crippen LogP contribution in [0, 0.1) is 34.8 Å². The standard InChI is InChI=1S/C28H26F2N4O3/c1-37-22-5-4-17(7-21(22)30)23-24(18-2-3-19(13-31)20(29)8-18)32-26(33-25(23)35)34-27-9-15-6-16(10-27)12-28(36,11-15)14-27/h2-5,7-8,15-16,36H,6,9-12,14H2,1H3,(H2,32,33,34,35). The summed E-state index contributed by atoms with van der Waals surface area (Å²) >= 11 is 0.